The molecule has 0 saturated carbocycles. The Bertz CT molecular complexity index is 1460. The number of amidine groups is 1. The van der Waals surface area contributed by atoms with E-state index < -0.39 is 18.2 Å². The standard InChI is InChI=1S/C27H29N5O4.C2HF3O2/c1-4-5-15-36-22-17-24(35-3)23(34-2)16-21(22)25(27(33)32-31-20-9-7-6-8-10-20)30-19-13-11-18(12-14-19)26(28)29;3-2(4,5)1(6)7/h6-14,16-17,25,30-31H,15H2,1-3H3,(H3,28,29)(H,32,33);(H,6,7). The lowest BCUT2D eigenvalue weighted by atomic mass is 10.0. The van der Waals surface area contributed by atoms with Crippen LogP contribution in [0.4, 0.5) is 24.5 Å². The van der Waals surface area contributed by atoms with E-state index in [-0.39, 0.29) is 18.3 Å². The lowest BCUT2D eigenvalue weighted by Gasteiger charge is -2.24. The number of carboxylic acids is 1. The average molecular weight is 602 g/mol. The fourth-order valence-electron chi connectivity index (χ4n) is 3.34. The second-order valence-corrected chi connectivity index (χ2v) is 8.31. The number of amides is 1. The molecule has 0 radical (unpaired) electrons. The Balaban J connectivity index is 0.000000821. The number of methoxy groups -OCH3 is 2. The van der Waals surface area contributed by atoms with Gasteiger partial charge < -0.3 is 30.4 Å². The number of hydrazine groups is 1. The van der Waals surface area contributed by atoms with E-state index in [1.807, 2.05) is 30.3 Å². The fourth-order valence-corrected chi connectivity index (χ4v) is 3.34. The molecule has 0 spiro atoms. The predicted molar refractivity (Wildman–Crippen MR) is 154 cm³/mol. The lowest BCUT2D eigenvalue weighted by Crippen LogP contribution is -2.37. The molecule has 0 aromatic heterocycles. The molecule has 14 heteroatoms. The van der Waals surface area contributed by atoms with Gasteiger partial charge in [0.2, 0.25) is 0 Å². The first-order valence-corrected chi connectivity index (χ1v) is 12.3. The van der Waals surface area contributed by atoms with Crippen LogP contribution in [0.25, 0.3) is 0 Å². The van der Waals surface area contributed by atoms with Gasteiger partial charge in [-0.15, -0.1) is 5.92 Å². The number of para-hydroxylation sites is 1. The molecule has 0 heterocycles. The molecule has 0 aliphatic rings. The average Bonchev–Trinajstić information content (AvgIpc) is 2.99. The van der Waals surface area contributed by atoms with Gasteiger partial charge in [0.1, 0.15) is 24.2 Å². The van der Waals surface area contributed by atoms with Crippen molar-refractivity contribution in [2.24, 2.45) is 5.73 Å². The van der Waals surface area contributed by atoms with Gasteiger partial charge in [-0.1, -0.05) is 24.1 Å². The Morgan fingerprint density at radius 1 is 0.977 bits per heavy atom. The van der Waals surface area contributed by atoms with Crippen molar-refractivity contribution in [2.45, 2.75) is 19.1 Å². The molecule has 3 aromatic rings. The highest BCUT2D eigenvalue weighted by Gasteiger charge is 2.38. The Labute approximate surface area is 245 Å². The van der Waals surface area contributed by atoms with Crippen molar-refractivity contribution in [1.82, 2.24) is 5.43 Å². The molecule has 43 heavy (non-hydrogen) atoms. The quantitative estimate of drug-likeness (QED) is 0.0812. The molecule has 0 bridgehead atoms. The van der Waals surface area contributed by atoms with Gasteiger partial charge in [-0.05, 0) is 49.4 Å². The monoisotopic (exact) mass is 601 g/mol. The van der Waals surface area contributed by atoms with Crippen LogP contribution in [0.1, 0.15) is 24.1 Å². The van der Waals surface area contributed by atoms with Gasteiger partial charge in [-0.3, -0.25) is 21.1 Å². The minimum Gasteiger partial charge on any atom is -0.493 e. The number of benzene rings is 3. The summed E-state index contributed by atoms with van der Waals surface area (Å²) in [6, 6.07) is 18.6. The fraction of sp³-hybridized carbons (Fsp3) is 0.207. The zero-order valence-corrected chi connectivity index (χ0v) is 23.3. The third-order valence-electron chi connectivity index (χ3n) is 5.42. The van der Waals surface area contributed by atoms with E-state index in [0.29, 0.717) is 34.1 Å². The molecule has 0 fully saturated rings. The van der Waals surface area contributed by atoms with Crippen LogP contribution in [-0.2, 0) is 9.59 Å². The summed E-state index contributed by atoms with van der Waals surface area (Å²) in [4.78, 5) is 22.4. The predicted octanol–water partition coefficient (Wildman–Crippen LogP) is 4.32. The third-order valence-corrected chi connectivity index (χ3v) is 5.42. The van der Waals surface area contributed by atoms with Crippen LogP contribution >= 0.6 is 0 Å². The minimum absolute atomic E-state index is 0.0458. The van der Waals surface area contributed by atoms with Gasteiger partial charge in [0.05, 0.1) is 19.9 Å². The van der Waals surface area contributed by atoms with Crippen LogP contribution in [0.5, 0.6) is 17.2 Å². The van der Waals surface area contributed by atoms with Gasteiger partial charge in [0.25, 0.3) is 5.91 Å². The molecule has 3 rings (SSSR count). The number of carbonyl (C=O) groups is 2. The van der Waals surface area contributed by atoms with E-state index in [2.05, 4.69) is 28.0 Å². The van der Waals surface area contributed by atoms with E-state index in [1.54, 1.807) is 43.3 Å². The number of alkyl halides is 3. The summed E-state index contributed by atoms with van der Waals surface area (Å²) in [6.45, 7) is 1.85. The highest BCUT2D eigenvalue weighted by molar-refractivity contribution is 5.95. The number of anilines is 2. The molecule has 1 atom stereocenters. The maximum Gasteiger partial charge on any atom is 0.490 e. The van der Waals surface area contributed by atoms with E-state index in [1.165, 1.54) is 14.2 Å². The number of hydrogen-bond acceptors (Lipinski definition) is 8. The van der Waals surface area contributed by atoms with E-state index >= 15 is 0 Å². The molecule has 11 nitrogen and oxygen atoms in total. The molecule has 1 unspecified atom stereocenters. The van der Waals surface area contributed by atoms with Crippen molar-refractivity contribution in [3.8, 4) is 29.1 Å². The molecular formula is C29H30F3N5O6. The van der Waals surface area contributed by atoms with Crippen molar-refractivity contribution in [3.05, 3.63) is 77.9 Å². The van der Waals surface area contributed by atoms with Crippen LogP contribution in [0.3, 0.4) is 0 Å². The molecule has 7 N–H and O–H groups in total. The first-order valence-electron chi connectivity index (χ1n) is 12.3. The van der Waals surface area contributed by atoms with Gasteiger partial charge in [0, 0.05) is 22.9 Å². The van der Waals surface area contributed by atoms with Crippen LogP contribution < -0.4 is 36.1 Å². The summed E-state index contributed by atoms with van der Waals surface area (Å²) in [5.41, 5.74) is 13.7. The smallest absolute Gasteiger partial charge is 0.490 e. The lowest BCUT2D eigenvalue weighted by molar-refractivity contribution is -0.192. The maximum absolute atomic E-state index is 13.5. The number of hydrogen-bond donors (Lipinski definition) is 6. The molecule has 0 aliphatic heterocycles. The van der Waals surface area contributed by atoms with Crippen LogP contribution in [0.15, 0.2) is 66.7 Å². The minimum atomic E-state index is -5.08. The Kier molecular flexibility index (Phi) is 12.5. The van der Waals surface area contributed by atoms with E-state index in [0.717, 1.165) is 5.69 Å². The molecule has 0 saturated heterocycles. The van der Waals surface area contributed by atoms with Crippen molar-refractivity contribution in [3.63, 3.8) is 0 Å². The number of carboxylic acid groups (broad SMARTS) is 1. The van der Waals surface area contributed by atoms with Gasteiger partial charge >= 0.3 is 12.1 Å². The highest BCUT2D eigenvalue weighted by atomic mass is 19.4. The number of nitrogen functional groups attached to an aromatic ring is 1. The van der Waals surface area contributed by atoms with Gasteiger partial charge in [0.15, 0.2) is 11.5 Å². The Morgan fingerprint density at radius 2 is 1.56 bits per heavy atom. The van der Waals surface area contributed by atoms with Gasteiger partial charge in [-0.2, -0.15) is 13.2 Å². The summed E-state index contributed by atoms with van der Waals surface area (Å²) in [5.74, 6) is 3.76. The number of rotatable bonds is 11. The molecule has 228 valence electrons. The zero-order valence-electron chi connectivity index (χ0n) is 23.3. The third kappa shape index (κ3) is 10.4. The second kappa shape index (κ2) is 16.0. The SMILES string of the molecule is CC#CCOc1cc(OC)c(OC)cc1C(Nc1ccc(C(=N)N)cc1)C(=O)NNc1ccccc1.O=C(O)C(F)(F)F. The maximum atomic E-state index is 13.5. The van der Waals surface area contributed by atoms with Crippen LogP contribution in [-0.4, -0.2) is 49.8 Å². The van der Waals surface area contributed by atoms with E-state index in [9.17, 15) is 18.0 Å². The first-order chi connectivity index (χ1) is 20.4. The topological polar surface area (TPSA) is 168 Å². The van der Waals surface area contributed by atoms with Crippen LogP contribution in [0, 0.1) is 17.3 Å². The van der Waals surface area contributed by atoms with E-state index in [4.69, 9.17) is 35.3 Å². The summed E-state index contributed by atoms with van der Waals surface area (Å²) in [6.07, 6.45) is -5.08. The van der Waals surface area contributed by atoms with Crippen molar-refractivity contribution in [1.29, 1.82) is 5.41 Å². The highest BCUT2D eigenvalue weighted by Crippen LogP contribution is 2.39. The number of carbonyl (C=O) groups excluding carboxylic acids is 1. The number of halogens is 3. The number of ether oxygens (including phenoxy) is 3. The largest absolute Gasteiger partial charge is 0.493 e. The Morgan fingerprint density at radius 3 is 2.07 bits per heavy atom. The summed E-state index contributed by atoms with van der Waals surface area (Å²) in [5, 5.41) is 18.0. The van der Waals surface area contributed by atoms with Crippen molar-refractivity contribution >= 4 is 29.1 Å². The van der Waals surface area contributed by atoms with Crippen LogP contribution in [0.2, 0.25) is 0 Å². The van der Waals surface area contributed by atoms with Crippen molar-refractivity contribution in [2.75, 3.05) is 31.6 Å². The molecule has 1 amide bonds. The number of nitrogens with one attached hydrogen (secondary N) is 4. The summed E-state index contributed by atoms with van der Waals surface area (Å²) < 4.78 is 48.6. The number of aliphatic carboxylic acids is 1. The summed E-state index contributed by atoms with van der Waals surface area (Å²) in [7, 11) is 3.04. The zero-order chi connectivity index (χ0) is 32.0. The molecule has 3 aromatic carbocycles. The number of nitrogens with two attached hydrogens (primary N) is 1. The van der Waals surface area contributed by atoms with Crippen molar-refractivity contribution < 1.29 is 42.1 Å². The Hall–Kier alpha value is -5.58. The molecular weight excluding hydrogens is 571 g/mol. The van der Waals surface area contributed by atoms with Gasteiger partial charge in [-0.25, -0.2) is 4.79 Å². The molecule has 0 aliphatic carbocycles. The second-order valence-electron chi connectivity index (χ2n) is 8.31. The summed E-state index contributed by atoms with van der Waals surface area (Å²) >= 11 is 0. The first kappa shape index (κ1) is 33.6. The normalized spacial score (nSPS) is 10.8.